The summed E-state index contributed by atoms with van der Waals surface area (Å²) < 4.78 is 0.676. The van der Waals surface area contributed by atoms with Gasteiger partial charge in [-0.05, 0) is 54.0 Å². The van der Waals surface area contributed by atoms with Crippen molar-refractivity contribution in [3.8, 4) is 11.4 Å². The van der Waals surface area contributed by atoms with Crippen LogP contribution in [0.3, 0.4) is 0 Å². The van der Waals surface area contributed by atoms with Gasteiger partial charge >= 0.3 is 0 Å². The molecule has 0 saturated carbocycles. The van der Waals surface area contributed by atoms with Crippen molar-refractivity contribution in [3.63, 3.8) is 0 Å². The highest BCUT2D eigenvalue weighted by Crippen LogP contribution is 2.16. The van der Waals surface area contributed by atoms with Crippen LogP contribution in [-0.2, 0) is 6.42 Å². The van der Waals surface area contributed by atoms with E-state index in [9.17, 15) is 4.79 Å². The number of hydrogen-bond acceptors (Lipinski definition) is 3. The van der Waals surface area contributed by atoms with E-state index in [4.69, 9.17) is 0 Å². The van der Waals surface area contributed by atoms with E-state index in [1.165, 1.54) is 0 Å². The van der Waals surface area contributed by atoms with Gasteiger partial charge in [-0.15, -0.1) is 0 Å². The standard InChI is InChI=1S/C14H16IN3O/c1-8(2)6-11-12(15)14(19)18-13(17-11)10-5-4-9(3)16-7-10/h4-5,7-8H,6H2,1-3H3,(H,17,18,19). The Morgan fingerprint density at radius 2 is 2.11 bits per heavy atom. The normalized spacial score (nSPS) is 11.0. The van der Waals surface area contributed by atoms with Crippen molar-refractivity contribution in [2.75, 3.05) is 0 Å². The van der Waals surface area contributed by atoms with E-state index in [0.29, 0.717) is 15.3 Å². The lowest BCUT2D eigenvalue weighted by molar-refractivity contribution is 0.631. The first-order valence-corrected chi connectivity index (χ1v) is 7.27. The van der Waals surface area contributed by atoms with Crippen LogP contribution >= 0.6 is 22.6 Å². The Labute approximate surface area is 125 Å². The quantitative estimate of drug-likeness (QED) is 0.847. The van der Waals surface area contributed by atoms with E-state index < -0.39 is 0 Å². The molecule has 4 nitrogen and oxygen atoms in total. The zero-order valence-corrected chi connectivity index (χ0v) is 13.4. The zero-order chi connectivity index (χ0) is 14.0. The molecule has 1 N–H and O–H groups in total. The fraction of sp³-hybridized carbons (Fsp3) is 0.357. The monoisotopic (exact) mass is 369 g/mol. The minimum absolute atomic E-state index is 0.0816. The summed E-state index contributed by atoms with van der Waals surface area (Å²) in [5.41, 5.74) is 2.56. The Kier molecular flexibility index (Phi) is 4.34. The first-order chi connectivity index (χ1) is 8.97. The predicted octanol–water partition coefficient (Wildman–Crippen LogP) is 2.94. The molecule has 0 atom stereocenters. The Balaban J connectivity index is 2.50. The summed E-state index contributed by atoms with van der Waals surface area (Å²) in [7, 11) is 0. The van der Waals surface area contributed by atoms with Gasteiger partial charge in [-0.3, -0.25) is 9.78 Å². The predicted molar refractivity (Wildman–Crippen MR) is 84.1 cm³/mol. The van der Waals surface area contributed by atoms with Crippen LogP contribution < -0.4 is 5.56 Å². The van der Waals surface area contributed by atoms with E-state index in [1.54, 1.807) is 6.20 Å². The molecule has 19 heavy (non-hydrogen) atoms. The van der Waals surface area contributed by atoms with E-state index in [0.717, 1.165) is 23.4 Å². The molecule has 100 valence electrons. The number of rotatable bonds is 3. The number of nitrogens with zero attached hydrogens (tertiary/aromatic N) is 2. The zero-order valence-electron chi connectivity index (χ0n) is 11.2. The van der Waals surface area contributed by atoms with Gasteiger partial charge in [0.05, 0.1) is 9.26 Å². The maximum absolute atomic E-state index is 12.0. The third-order valence-electron chi connectivity index (χ3n) is 2.72. The number of pyridine rings is 1. The summed E-state index contributed by atoms with van der Waals surface area (Å²) in [6.07, 6.45) is 2.54. The van der Waals surface area contributed by atoms with Gasteiger partial charge in [0, 0.05) is 17.5 Å². The van der Waals surface area contributed by atoms with Crippen LogP contribution in [-0.4, -0.2) is 15.0 Å². The second-order valence-corrected chi connectivity index (χ2v) is 6.04. The molecule has 2 aromatic rings. The van der Waals surface area contributed by atoms with Crippen molar-refractivity contribution in [2.45, 2.75) is 27.2 Å². The third-order valence-corrected chi connectivity index (χ3v) is 3.83. The van der Waals surface area contributed by atoms with Crippen LogP contribution in [0.4, 0.5) is 0 Å². The fourth-order valence-electron chi connectivity index (χ4n) is 1.77. The molecule has 0 amide bonds. The topological polar surface area (TPSA) is 58.6 Å². The number of halogens is 1. The first-order valence-electron chi connectivity index (χ1n) is 6.19. The number of H-pyrrole nitrogens is 1. The summed E-state index contributed by atoms with van der Waals surface area (Å²) in [5, 5.41) is 0. The molecule has 0 unspecified atom stereocenters. The second-order valence-electron chi connectivity index (χ2n) is 4.96. The number of aromatic amines is 1. The molecule has 0 spiro atoms. The van der Waals surface area contributed by atoms with Crippen molar-refractivity contribution in [2.24, 2.45) is 5.92 Å². The minimum atomic E-state index is -0.0816. The summed E-state index contributed by atoms with van der Waals surface area (Å²) in [4.78, 5) is 23.6. The van der Waals surface area contributed by atoms with Gasteiger partial charge in [-0.25, -0.2) is 4.98 Å². The van der Waals surface area contributed by atoms with Crippen molar-refractivity contribution in [1.82, 2.24) is 15.0 Å². The molecule has 2 aromatic heterocycles. The molecule has 0 aliphatic rings. The lowest BCUT2D eigenvalue weighted by Crippen LogP contribution is -2.17. The van der Waals surface area contributed by atoms with Gasteiger partial charge in [0.1, 0.15) is 5.82 Å². The van der Waals surface area contributed by atoms with Crippen molar-refractivity contribution in [3.05, 3.63) is 43.6 Å². The smallest absolute Gasteiger partial charge is 0.264 e. The van der Waals surface area contributed by atoms with Crippen LogP contribution in [0, 0.1) is 16.4 Å². The largest absolute Gasteiger partial charge is 0.306 e. The van der Waals surface area contributed by atoms with Crippen LogP contribution in [0.2, 0.25) is 0 Å². The molecular weight excluding hydrogens is 353 g/mol. The van der Waals surface area contributed by atoms with Crippen molar-refractivity contribution >= 4 is 22.6 Å². The van der Waals surface area contributed by atoms with Crippen molar-refractivity contribution < 1.29 is 0 Å². The molecule has 5 heteroatoms. The third kappa shape index (κ3) is 3.40. The lowest BCUT2D eigenvalue weighted by Gasteiger charge is -2.08. The first kappa shape index (κ1) is 14.2. The summed E-state index contributed by atoms with van der Waals surface area (Å²) in [5.74, 6) is 1.06. The molecular formula is C14H16IN3O. The van der Waals surface area contributed by atoms with Gasteiger partial charge in [-0.2, -0.15) is 0 Å². The van der Waals surface area contributed by atoms with Crippen LogP contribution in [0.15, 0.2) is 23.1 Å². The molecule has 0 radical (unpaired) electrons. The highest BCUT2D eigenvalue weighted by atomic mass is 127. The summed E-state index contributed by atoms with van der Waals surface area (Å²) in [6.45, 7) is 6.16. The molecule has 2 rings (SSSR count). The van der Waals surface area contributed by atoms with E-state index >= 15 is 0 Å². The van der Waals surface area contributed by atoms with Crippen LogP contribution in [0.25, 0.3) is 11.4 Å². The maximum Gasteiger partial charge on any atom is 0.264 e. The highest BCUT2D eigenvalue weighted by molar-refractivity contribution is 14.1. The van der Waals surface area contributed by atoms with Crippen LogP contribution in [0.1, 0.15) is 25.2 Å². The maximum atomic E-state index is 12.0. The van der Waals surface area contributed by atoms with E-state index in [1.807, 2.05) is 19.1 Å². The average Bonchev–Trinajstić information content (AvgIpc) is 2.35. The highest BCUT2D eigenvalue weighted by Gasteiger charge is 2.11. The fourth-order valence-corrected chi connectivity index (χ4v) is 2.25. The number of aromatic nitrogens is 3. The Hall–Kier alpha value is -1.24. The minimum Gasteiger partial charge on any atom is -0.306 e. The second kappa shape index (κ2) is 5.81. The van der Waals surface area contributed by atoms with Gasteiger partial charge in [0.25, 0.3) is 5.56 Å². The Morgan fingerprint density at radius 1 is 1.37 bits per heavy atom. The number of hydrogen-bond donors (Lipinski definition) is 1. The van der Waals surface area contributed by atoms with Crippen LogP contribution in [0.5, 0.6) is 0 Å². The SMILES string of the molecule is Cc1ccc(-c2nc(CC(C)C)c(I)c(=O)[nH]2)cn1. The van der Waals surface area contributed by atoms with Crippen molar-refractivity contribution in [1.29, 1.82) is 0 Å². The molecule has 0 bridgehead atoms. The molecule has 0 saturated heterocycles. The Morgan fingerprint density at radius 3 is 2.68 bits per heavy atom. The van der Waals surface area contributed by atoms with Gasteiger partial charge < -0.3 is 4.98 Å². The average molecular weight is 369 g/mol. The Bertz CT molecular complexity index is 632. The van der Waals surface area contributed by atoms with Gasteiger partial charge in [0.2, 0.25) is 0 Å². The number of aryl methyl sites for hydroxylation is 1. The lowest BCUT2D eigenvalue weighted by atomic mass is 10.1. The van der Waals surface area contributed by atoms with E-state index in [-0.39, 0.29) is 5.56 Å². The van der Waals surface area contributed by atoms with Gasteiger partial charge in [-0.1, -0.05) is 13.8 Å². The molecule has 2 heterocycles. The number of nitrogens with one attached hydrogen (secondary N) is 1. The van der Waals surface area contributed by atoms with E-state index in [2.05, 4.69) is 51.4 Å². The molecule has 0 aromatic carbocycles. The summed E-state index contributed by atoms with van der Waals surface area (Å²) in [6, 6.07) is 3.84. The summed E-state index contributed by atoms with van der Waals surface area (Å²) >= 11 is 2.06. The molecule has 0 aliphatic carbocycles. The molecule has 0 fully saturated rings. The molecule has 0 aliphatic heterocycles. The van der Waals surface area contributed by atoms with Gasteiger partial charge in [0.15, 0.2) is 0 Å².